The zero-order valence-electron chi connectivity index (χ0n) is 23.4. The molecule has 4 aromatic rings. The van der Waals surface area contributed by atoms with Gasteiger partial charge < -0.3 is 10.1 Å². The minimum absolute atomic E-state index is 0.122. The number of ether oxygens (including phenoxy) is 1. The van der Waals surface area contributed by atoms with E-state index in [0.29, 0.717) is 16.9 Å². The normalized spacial score (nSPS) is 14.1. The number of halogens is 3. The van der Waals surface area contributed by atoms with Gasteiger partial charge in [0.2, 0.25) is 5.91 Å². The molecule has 3 amide bonds. The third-order valence-corrected chi connectivity index (χ3v) is 7.35. The molecule has 1 aromatic heterocycles. The van der Waals surface area contributed by atoms with Crippen LogP contribution in [0.2, 0.25) is 0 Å². The maximum Gasteiger partial charge on any atom is 0.573 e. The Bertz CT molecular complexity index is 1800. The Kier molecular flexibility index (Phi) is 8.68. The lowest BCUT2D eigenvalue weighted by Crippen LogP contribution is -2.31. The molecule has 2 heterocycles. The van der Waals surface area contributed by atoms with Gasteiger partial charge in [-0.05, 0) is 73.0 Å². The van der Waals surface area contributed by atoms with E-state index in [4.69, 9.17) is 0 Å². The minimum Gasteiger partial charge on any atom is -0.406 e. The van der Waals surface area contributed by atoms with Crippen molar-refractivity contribution >= 4 is 40.2 Å². The molecule has 5 rings (SSSR count). The van der Waals surface area contributed by atoms with Crippen molar-refractivity contribution in [3.8, 4) is 28.9 Å². The van der Waals surface area contributed by atoms with E-state index in [-0.39, 0.29) is 39.7 Å². The topological polar surface area (TPSA) is 126 Å². The van der Waals surface area contributed by atoms with Gasteiger partial charge in [0.25, 0.3) is 0 Å². The third-order valence-electron chi connectivity index (χ3n) is 6.43. The van der Waals surface area contributed by atoms with Crippen LogP contribution in [0.4, 0.5) is 29.3 Å². The number of aliphatic imine (C=N–C) groups is 1. The highest BCUT2D eigenvalue weighted by atomic mass is 32.2. The summed E-state index contributed by atoms with van der Waals surface area (Å²) in [5.74, 6) is -0.156. The number of alkyl halides is 3. The second-order valence-corrected chi connectivity index (χ2v) is 10.6. The Labute approximate surface area is 254 Å². The van der Waals surface area contributed by atoms with Gasteiger partial charge in [0.1, 0.15) is 18.1 Å². The Morgan fingerprint density at radius 1 is 1.16 bits per heavy atom. The summed E-state index contributed by atoms with van der Waals surface area (Å²) in [5.41, 5.74) is 3.88. The summed E-state index contributed by atoms with van der Waals surface area (Å²) < 4.78 is 42.5. The van der Waals surface area contributed by atoms with Crippen molar-refractivity contribution in [3.05, 3.63) is 83.7 Å². The second kappa shape index (κ2) is 12.6. The summed E-state index contributed by atoms with van der Waals surface area (Å²) in [4.78, 5) is 35.6. The molecule has 224 valence electrons. The second-order valence-electron chi connectivity index (χ2n) is 9.65. The zero-order chi connectivity index (χ0) is 31.4. The highest BCUT2D eigenvalue weighted by molar-refractivity contribution is 8.15. The van der Waals surface area contributed by atoms with Gasteiger partial charge in [0.15, 0.2) is 11.0 Å². The predicted molar refractivity (Wildman–Crippen MR) is 160 cm³/mol. The van der Waals surface area contributed by atoms with Crippen molar-refractivity contribution in [1.29, 1.82) is 5.26 Å². The molecule has 0 aliphatic carbocycles. The molecule has 0 unspecified atom stereocenters. The highest BCUT2D eigenvalue weighted by Crippen LogP contribution is 2.32. The number of aryl methyl sites for hydroxylation is 2. The van der Waals surface area contributed by atoms with Crippen molar-refractivity contribution in [2.45, 2.75) is 33.1 Å². The number of urea groups is 1. The quantitative estimate of drug-likeness (QED) is 0.246. The first kappa shape index (κ1) is 30.3. The molecule has 1 fully saturated rings. The predicted octanol–water partition coefficient (Wildman–Crippen LogP) is 6.63. The zero-order valence-corrected chi connectivity index (χ0v) is 24.2. The molecule has 0 spiro atoms. The number of amidine groups is 1. The number of carbonyl (C=O) groups excluding carboxylic acids is 2. The molecule has 0 radical (unpaired) electrons. The largest absolute Gasteiger partial charge is 0.573 e. The number of hydrogen-bond donors (Lipinski definition) is 1. The molecule has 1 N–H and O–H groups in total. The number of benzene rings is 3. The average Bonchev–Trinajstić information content (AvgIpc) is 3.61. The van der Waals surface area contributed by atoms with Crippen LogP contribution in [-0.4, -0.2) is 44.0 Å². The van der Waals surface area contributed by atoms with Crippen molar-refractivity contribution in [2.75, 3.05) is 16.0 Å². The molecule has 44 heavy (non-hydrogen) atoms. The number of anilines is 2. The number of carbonyl (C=O) groups is 2. The molecule has 0 saturated carbocycles. The summed E-state index contributed by atoms with van der Waals surface area (Å²) in [6.45, 7) is 3.98. The molecule has 1 saturated heterocycles. The Morgan fingerprint density at radius 3 is 2.64 bits per heavy atom. The van der Waals surface area contributed by atoms with E-state index in [9.17, 15) is 28.0 Å². The summed E-state index contributed by atoms with van der Waals surface area (Å²) in [5, 5.41) is 17.0. The van der Waals surface area contributed by atoms with Crippen LogP contribution in [0.15, 0.2) is 72.0 Å². The Hall–Kier alpha value is -5.16. The van der Waals surface area contributed by atoms with Crippen LogP contribution in [0, 0.1) is 18.3 Å². The molecule has 3 aromatic carbocycles. The third kappa shape index (κ3) is 6.90. The molecular formula is C30H24F3N7O3S. The molecular weight excluding hydrogens is 595 g/mol. The van der Waals surface area contributed by atoms with E-state index in [0.717, 1.165) is 47.9 Å². The molecule has 1 aliphatic heterocycles. The van der Waals surface area contributed by atoms with E-state index in [1.165, 1.54) is 40.2 Å². The number of nitriles is 1. The van der Waals surface area contributed by atoms with Crippen molar-refractivity contribution in [3.63, 3.8) is 0 Å². The van der Waals surface area contributed by atoms with Crippen molar-refractivity contribution in [2.24, 2.45) is 4.99 Å². The molecule has 10 nitrogen and oxygen atoms in total. The lowest BCUT2D eigenvalue weighted by molar-refractivity contribution is -0.274. The van der Waals surface area contributed by atoms with Crippen LogP contribution in [0.25, 0.3) is 17.1 Å². The van der Waals surface area contributed by atoms with Crippen LogP contribution < -0.4 is 15.0 Å². The molecule has 1 aliphatic rings. The number of amides is 3. The highest BCUT2D eigenvalue weighted by Gasteiger charge is 2.32. The first-order valence-corrected chi connectivity index (χ1v) is 14.3. The number of aromatic nitrogens is 3. The van der Waals surface area contributed by atoms with Gasteiger partial charge in [0.05, 0.1) is 28.4 Å². The maximum atomic E-state index is 13.0. The molecule has 0 bridgehead atoms. The van der Waals surface area contributed by atoms with Gasteiger partial charge in [-0.3, -0.25) is 9.69 Å². The van der Waals surface area contributed by atoms with E-state index in [1.807, 2.05) is 38.1 Å². The van der Waals surface area contributed by atoms with Crippen LogP contribution in [0.5, 0.6) is 5.75 Å². The van der Waals surface area contributed by atoms with E-state index < -0.39 is 12.4 Å². The van der Waals surface area contributed by atoms with Crippen LogP contribution in [0.1, 0.15) is 30.0 Å². The monoisotopic (exact) mass is 619 g/mol. The summed E-state index contributed by atoms with van der Waals surface area (Å²) in [6, 6.07) is 16.9. The number of nitrogens with zero attached hydrogens (tertiary/aromatic N) is 6. The lowest BCUT2D eigenvalue weighted by atomic mass is 10.0. The van der Waals surface area contributed by atoms with Crippen LogP contribution in [-0.2, 0) is 11.2 Å². The number of thioether (sulfide) groups is 1. The van der Waals surface area contributed by atoms with Gasteiger partial charge >= 0.3 is 12.4 Å². The minimum atomic E-state index is -4.80. The van der Waals surface area contributed by atoms with Crippen LogP contribution >= 0.6 is 11.8 Å². The average molecular weight is 620 g/mol. The summed E-state index contributed by atoms with van der Waals surface area (Å²) >= 11 is 1.16. The Balaban J connectivity index is 1.33. The van der Waals surface area contributed by atoms with Gasteiger partial charge in [-0.2, -0.15) is 10.3 Å². The first-order valence-electron chi connectivity index (χ1n) is 13.3. The summed E-state index contributed by atoms with van der Waals surface area (Å²) in [6.07, 6.45) is -1.78. The van der Waals surface area contributed by atoms with Crippen molar-refractivity contribution in [1.82, 2.24) is 14.8 Å². The van der Waals surface area contributed by atoms with Gasteiger partial charge in [-0.15, -0.1) is 18.3 Å². The van der Waals surface area contributed by atoms with E-state index in [1.54, 1.807) is 6.07 Å². The summed E-state index contributed by atoms with van der Waals surface area (Å²) in [7, 11) is 0. The number of hydrogen-bond acceptors (Lipinski definition) is 7. The first-order chi connectivity index (χ1) is 21.0. The number of nitrogens with one attached hydrogen (secondary N) is 1. The van der Waals surface area contributed by atoms with Crippen LogP contribution in [0.3, 0.4) is 0 Å². The standard InChI is InChI=1S/C30H24F3N7O3S/c1-3-4-19-6-5-18(2)13-25(19)40-26(41)16-44-29(40)37-28(42)36-24-12-7-20(14-21(24)15-34)27-35-17-39(38-27)22-8-10-23(11-9-22)43-30(31,32)33/h5-14,17H,3-4,16H2,1-2H3,(H,36,42)/b37-29-. The van der Waals surface area contributed by atoms with Crippen molar-refractivity contribution < 1.29 is 27.5 Å². The van der Waals surface area contributed by atoms with Gasteiger partial charge in [0, 0.05) is 5.56 Å². The smallest absolute Gasteiger partial charge is 0.406 e. The van der Waals surface area contributed by atoms with Gasteiger partial charge in [-0.25, -0.2) is 14.5 Å². The fourth-order valence-electron chi connectivity index (χ4n) is 4.48. The number of rotatable bonds is 7. The van der Waals surface area contributed by atoms with E-state index >= 15 is 0 Å². The SMILES string of the molecule is CCCc1ccc(C)cc1N1C(=O)CS/C1=N\C(=O)Nc1ccc(-c2ncn(-c3ccc(OC(F)(F)F)cc3)n2)cc1C#N. The molecule has 0 atom stereocenters. The van der Waals surface area contributed by atoms with E-state index in [2.05, 4.69) is 25.1 Å². The lowest BCUT2D eigenvalue weighted by Gasteiger charge is -2.20. The molecule has 14 heteroatoms. The fourth-order valence-corrected chi connectivity index (χ4v) is 5.34. The maximum absolute atomic E-state index is 13.0. The Morgan fingerprint density at radius 2 is 1.93 bits per heavy atom. The van der Waals surface area contributed by atoms with Gasteiger partial charge in [-0.1, -0.05) is 37.2 Å². The fraction of sp³-hybridized carbons (Fsp3) is 0.200.